The van der Waals surface area contributed by atoms with Gasteiger partial charge in [0.25, 0.3) is 0 Å². The summed E-state index contributed by atoms with van der Waals surface area (Å²) in [6, 6.07) is 9.58. The lowest BCUT2D eigenvalue weighted by Gasteiger charge is -2.30. The second kappa shape index (κ2) is 4.30. The Morgan fingerprint density at radius 3 is 2.89 bits per heavy atom. The first kappa shape index (κ1) is 11.0. The molecule has 18 heavy (non-hydrogen) atoms. The zero-order valence-electron chi connectivity index (χ0n) is 9.71. The highest BCUT2D eigenvalue weighted by Gasteiger charge is 2.33. The second-order valence-corrected chi connectivity index (χ2v) is 4.28. The first-order chi connectivity index (χ1) is 8.75. The molecule has 0 amide bonds. The summed E-state index contributed by atoms with van der Waals surface area (Å²) in [7, 11) is 0. The second-order valence-electron chi connectivity index (χ2n) is 4.28. The van der Waals surface area contributed by atoms with E-state index in [0.29, 0.717) is 13.2 Å². The molecule has 0 radical (unpaired) electrons. The van der Waals surface area contributed by atoms with Crippen LogP contribution in [0.2, 0.25) is 0 Å². The highest BCUT2D eigenvalue weighted by Crippen LogP contribution is 2.15. The van der Waals surface area contributed by atoms with Crippen molar-refractivity contribution in [1.82, 2.24) is 9.78 Å². The summed E-state index contributed by atoms with van der Waals surface area (Å²) in [5.74, 6) is 5.80. The fourth-order valence-electron chi connectivity index (χ4n) is 1.70. The molecule has 1 fully saturated rings. The van der Waals surface area contributed by atoms with E-state index in [9.17, 15) is 5.11 Å². The van der Waals surface area contributed by atoms with Crippen LogP contribution in [0.1, 0.15) is 5.56 Å². The Hall–Kier alpha value is -2.09. The minimum Gasteiger partial charge on any atom is -0.373 e. The molecule has 1 aliphatic heterocycles. The van der Waals surface area contributed by atoms with E-state index in [1.165, 1.54) is 0 Å². The van der Waals surface area contributed by atoms with Crippen molar-refractivity contribution in [2.75, 3.05) is 13.2 Å². The monoisotopic (exact) mass is 240 g/mol. The number of ether oxygens (including phenoxy) is 1. The predicted molar refractivity (Wildman–Crippen MR) is 66.2 cm³/mol. The van der Waals surface area contributed by atoms with Gasteiger partial charge in [-0.3, -0.25) is 0 Å². The highest BCUT2D eigenvalue weighted by atomic mass is 16.5. The van der Waals surface area contributed by atoms with Gasteiger partial charge in [-0.2, -0.15) is 5.10 Å². The third-order valence-corrected chi connectivity index (χ3v) is 2.74. The lowest BCUT2D eigenvalue weighted by atomic mass is 10.0. The molecule has 1 aliphatic rings. The average Bonchev–Trinajstić information content (AvgIpc) is 2.88. The zero-order valence-corrected chi connectivity index (χ0v) is 9.71. The molecule has 0 aliphatic carbocycles. The van der Waals surface area contributed by atoms with E-state index in [0.717, 1.165) is 11.3 Å². The number of rotatable bonds is 1. The molecule has 1 saturated heterocycles. The predicted octanol–water partition coefficient (Wildman–Crippen LogP) is 0.985. The zero-order chi connectivity index (χ0) is 12.4. The Bertz CT molecular complexity index is 604. The third kappa shape index (κ3) is 2.14. The normalized spacial score (nSPS) is 16.5. The van der Waals surface area contributed by atoms with Crippen LogP contribution in [0.5, 0.6) is 0 Å². The van der Waals surface area contributed by atoms with Gasteiger partial charge in [-0.25, -0.2) is 4.68 Å². The molecule has 1 N–H and O–H groups in total. The van der Waals surface area contributed by atoms with Crippen molar-refractivity contribution < 1.29 is 9.84 Å². The van der Waals surface area contributed by atoms with E-state index >= 15 is 0 Å². The van der Waals surface area contributed by atoms with Gasteiger partial charge in [0, 0.05) is 18.0 Å². The molecule has 0 spiro atoms. The maximum absolute atomic E-state index is 9.81. The molecule has 0 atom stereocenters. The van der Waals surface area contributed by atoms with Crippen molar-refractivity contribution in [3.05, 3.63) is 48.3 Å². The van der Waals surface area contributed by atoms with Crippen molar-refractivity contribution in [2.24, 2.45) is 0 Å². The Kier molecular flexibility index (Phi) is 2.63. The summed E-state index contributed by atoms with van der Waals surface area (Å²) in [4.78, 5) is 0. The lowest BCUT2D eigenvalue weighted by Crippen LogP contribution is -2.48. The van der Waals surface area contributed by atoms with Crippen LogP contribution in [-0.4, -0.2) is 33.7 Å². The van der Waals surface area contributed by atoms with Crippen LogP contribution in [-0.2, 0) is 4.74 Å². The number of aromatic nitrogens is 2. The van der Waals surface area contributed by atoms with Gasteiger partial charge in [-0.15, -0.1) is 0 Å². The van der Waals surface area contributed by atoms with Crippen molar-refractivity contribution in [3.63, 3.8) is 0 Å². The van der Waals surface area contributed by atoms with E-state index in [4.69, 9.17) is 4.74 Å². The summed E-state index contributed by atoms with van der Waals surface area (Å²) in [6.45, 7) is 0.581. The van der Waals surface area contributed by atoms with Gasteiger partial charge in [-0.1, -0.05) is 17.9 Å². The van der Waals surface area contributed by atoms with Gasteiger partial charge in [-0.05, 0) is 24.3 Å². The van der Waals surface area contributed by atoms with Crippen LogP contribution in [0.25, 0.3) is 5.69 Å². The standard InChI is InChI=1S/C14H12N2O2/c17-14(10-18-11-14)6-5-12-3-1-4-13(9-12)16-8-2-7-15-16/h1-4,7-9,17H,10-11H2. The Morgan fingerprint density at radius 2 is 2.22 bits per heavy atom. The molecule has 1 aromatic carbocycles. The Morgan fingerprint density at radius 1 is 1.33 bits per heavy atom. The molecule has 2 aromatic rings. The van der Waals surface area contributed by atoms with Crippen molar-refractivity contribution >= 4 is 0 Å². The Labute approximate surface area is 105 Å². The summed E-state index contributed by atoms with van der Waals surface area (Å²) in [5.41, 5.74) is 0.828. The van der Waals surface area contributed by atoms with Gasteiger partial charge in [0.15, 0.2) is 5.60 Å². The molecule has 0 bridgehead atoms. The molecule has 0 unspecified atom stereocenters. The van der Waals surface area contributed by atoms with Crippen LogP contribution in [0, 0.1) is 11.8 Å². The van der Waals surface area contributed by atoms with Gasteiger partial charge in [0.2, 0.25) is 0 Å². The maximum atomic E-state index is 9.81. The lowest BCUT2D eigenvalue weighted by molar-refractivity contribution is -0.140. The molecule has 1 aromatic heterocycles. The van der Waals surface area contributed by atoms with E-state index < -0.39 is 5.60 Å². The fraction of sp³-hybridized carbons (Fsp3) is 0.214. The van der Waals surface area contributed by atoms with E-state index in [1.54, 1.807) is 10.9 Å². The number of benzene rings is 1. The molecule has 2 heterocycles. The summed E-state index contributed by atoms with van der Waals surface area (Å²) in [6.07, 6.45) is 3.60. The number of aliphatic hydroxyl groups is 1. The minimum atomic E-state index is -0.971. The number of hydrogen-bond acceptors (Lipinski definition) is 3. The van der Waals surface area contributed by atoms with Gasteiger partial charge < -0.3 is 9.84 Å². The highest BCUT2D eigenvalue weighted by molar-refractivity contribution is 5.44. The first-order valence-corrected chi connectivity index (χ1v) is 5.69. The van der Waals surface area contributed by atoms with Gasteiger partial charge in [0.1, 0.15) is 0 Å². The molecule has 4 nitrogen and oxygen atoms in total. The largest absolute Gasteiger partial charge is 0.373 e. The Balaban J connectivity index is 1.87. The quantitative estimate of drug-likeness (QED) is 0.756. The molecular formula is C14H12N2O2. The summed E-state index contributed by atoms with van der Waals surface area (Å²) in [5, 5.41) is 14.0. The third-order valence-electron chi connectivity index (χ3n) is 2.74. The van der Waals surface area contributed by atoms with Gasteiger partial charge >= 0.3 is 0 Å². The number of nitrogens with zero attached hydrogens (tertiary/aromatic N) is 2. The smallest absolute Gasteiger partial charge is 0.172 e. The van der Waals surface area contributed by atoms with E-state index in [1.807, 2.05) is 36.5 Å². The van der Waals surface area contributed by atoms with E-state index in [2.05, 4.69) is 16.9 Å². The van der Waals surface area contributed by atoms with Crippen LogP contribution < -0.4 is 0 Å². The molecule has 90 valence electrons. The van der Waals surface area contributed by atoms with Crippen molar-refractivity contribution in [1.29, 1.82) is 0 Å². The summed E-state index contributed by atoms with van der Waals surface area (Å²) < 4.78 is 6.71. The van der Waals surface area contributed by atoms with Crippen LogP contribution in [0.4, 0.5) is 0 Å². The summed E-state index contributed by atoms with van der Waals surface area (Å²) >= 11 is 0. The van der Waals surface area contributed by atoms with E-state index in [-0.39, 0.29) is 0 Å². The SMILES string of the molecule is OC1(C#Cc2cccc(-n3cccn3)c2)COC1. The van der Waals surface area contributed by atoms with Crippen molar-refractivity contribution in [3.8, 4) is 17.5 Å². The van der Waals surface area contributed by atoms with Gasteiger partial charge in [0.05, 0.1) is 18.9 Å². The molecule has 0 saturated carbocycles. The number of hydrogen-bond donors (Lipinski definition) is 1. The van der Waals surface area contributed by atoms with Crippen LogP contribution >= 0.6 is 0 Å². The van der Waals surface area contributed by atoms with Crippen LogP contribution in [0.3, 0.4) is 0 Å². The maximum Gasteiger partial charge on any atom is 0.172 e. The fourth-order valence-corrected chi connectivity index (χ4v) is 1.70. The minimum absolute atomic E-state index is 0.291. The first-order valence-electron chi connectivity index (χ1n) is 5.69. The topological polar surface area (TPSA) is 47.3 Å². The molecule has 4 heteroatoms. The molecule has 3 rings (SSSR count). The van der Waals surface area contributed by atoms with Crippen LogP contribution in [0.15, 0.2) is 42.7 Å². The van der Waals surface area contributed by atoms with Crippen molar-refractivity contribution in [2.45, 2.75) is 5.60 Å². The molecular weight excluding hydrogens is 228 g/mol. The average molecular weight is 240 g/mol.